The quantitative estimate of drug-likeness (QED) is 0.334. The van der Waals surface area contributed by atoms with Gasteiger partial charge in [0, 0.05) is 8.48 Å². The summed E-state index contributed by atoms with van der Waals surface area (Å²) in [6, 6.07) is 1.93. The second-order valence-corrected chi connectivity index (χ2v) is 6.86. The Labute approximate surface area is 145 Å². The monoisotopic (exact) mass is 429 g/mol. The lowest BCUT2D eigenvalue weighted by Crippen LogP contribution is -2.36. The van der Waals surface area contributed by atoms with Gasteiger partial charge in [-0.1, -0.05) is 19.0 Å². The van der Waals surface area contributed by atoms with Gasteiger partial charge in [-0.15, -0.1) is 0 Å². The van der Waals surface area contributed by atoms with Crippen molar-refractivity contribution < 1.29 is 9.84 Å². The molecule has 23 heavy (non-hydrogen) atoms. The SMILES string of the molecule is C[C@H]1[C@H](c2cc(I)c3c(N)ncnn23)O[C@@](CO)(N=[N+]=[N-])[C@H]1C. The van der Waals surface area contributed by atoms with Crippen LogP contribution in [0.1, 0.15) is 25.6 Å². The Hall–Kier alpha value is -1.62. The molecule has 2 aromatic heterocycles. The lowest BCUT2D eigenvalue weighted by atomic mass is 9.86. The van der Waals surface area contributed by atoms with Crippen LogP contribution in [0.25, 0.3) is 16.0 Å². The maximum atomic E-state index is 9.72. The van der Waals surface area contributed by atoms with Gasteiger partial charge in [-0.3, -0.25) is 0 Å². The molecule has 0 amide bonds. The van der Waals surface area contributed by atoms with Gasteiger partial charge in [-0.2, -0.15) is 5.10 Å². The number of nitrogen functional groups attached to an aromatic ring is 1. The van der Waals surface area contributed by atoms with Crippen LogP contribution in [0.4, 0.5) is 5.82 Å². The number of ether oxygens (including phenoxy) is 1. The maximum absolute atomic E-state index is 9.72. The lowest BCUT2D eigenvalue weighted by molar-refractivity contribution is -0.0865. The van der Waals surface area contributed by atoms with Gasteiger partial charge in [-0.05, 0) is 46.0 Å². The molecule has 1 aliphatic rings. The molecule has 1 saturated heterocycles. The number of rotatable bonds is 3. The zero-order valence-electron chi connectivity index (χ0n) is 12.6. The molecule has 122 valence electrons. The van der Waals surface area contributed by atoms with E-state index in [1.165, 1.54) is 6.33 Å². The van der Waals surface area contributed by atoms with Gasteiger partial charge in [0.1, 0.15) is 17.9 Å². The van der Waals surface area contributed by atoms with Crippen LogP contribution in [0.15, 0.2) is 17.5 Å². The van der Waals surface area contributed by atoms with Gasteiger partial charge >= 0.3 is 0 Å². The van der Waals surface area contributed by atoms with Crippen molar-refractivity contribution in [2.24, 2.45) is 17.0 Å². The average molecular weight is 429 g/mol. The van der Waals surface area contributed by atoms with Crippen LogP contribution in [0.5, 0.6) is 0 Å². The van der Waals surface area contributed by atoms with E-state index in [1.807, 2.05) is 19.9 Å². The normalized spacial score (nSPS) is 30.5. The molecular weight excluding hydrogens is 413 g/mol. The van der Waals surface area contributed by atoms with E-state index in [0.29, 0.717) is 5.82 Å². The number of anilines is 1. The molecule has 1 fully saturated rings. The largest absolute Gasteiger partial charge is 0.393 e. The van der Waals surface area contributed by atoms with E-state index in [9.17, 15) is 5.11 Å². The Morgan fingerprint density at radius 3 is 3.00 bits per heavy atom. The second kappa shape index (κ2) is 5.78. The fourth-order valence-corrected chi connectivity index (χ4v) is 3.91. The highest BCUT2D eigenvalue weighted by atomic mass is 127. The number of hydrogen-bond donors (Lipinski definition) is 2. The van der Waals surface area contributed by atoms with Gasteiger partial charge in [0.25, 0.3) is 0 Å². The number of aliphatic hydroxyl groups excluding tert-OH is 1. The summed E-state index contributed by atoms with van der Waals surface area (Å²) < 4.78 is 8.62. The number of nitrogens with two attached hydrogens (primary N) is 1. The first-order chi connectivity index (χ1) is 10.9. The highest BCUT2D eigenvalue weighted by Crippen LogP contribution is 2.49. The van der Waals surface area contributed by atoms with Crippen molar-refractivity contribution in [2.45, 2.75) is 25.7 Å². The zero-order chi connectivity index (χ0) is 16.8. The van der Waals surface area contributed by atoms with Crippen molar-refractivity contribution in [2.75, 3.05) is 12.3 Å². The molecule has 4 atom stereocenters. The lowest BCUT2D eigenvalue weighted by Gasteiger charge is -2.25. The summed E-state index contributed by atoms with van der Waals surface area (Å²) >= 11 is 2.17. The first kappa shape index (κ1) is 16.2. The van der Waals surface area contributed by atoms with E-state index in [1.54, 1.807) is 4.52 Å². The maximum Gasteiger partial charge on any atom is 0.173 e. The Morgan fingerprint density at radius 2 is 2.35 bits per heavy atom. The summed E-state index contributed by atoms with van der Waals surface area (Å²) in [7, 11) is 0. The van der Waals surface area contributed by atoms with Crippen LogP contribution in [0, 0.1) is 15.4 Å². The molecule has 1 aliphatic heterocycles. The molecule has 3 rings (SSSR count). The van der Waals surface area contributed by atoms with Gasteiger partial charge in [0.05, 0.1) is 12.3 Å². The summed E-state index contributed by atoms with van der Waals surface area (Å²) in [5, 5.41) is 17.7. The summed E-state index contributed by atoms with van der Waals surface area (Å²) in [4.78, 5) is 6.85. The molecule has 0 radical (unpaired) electrons. The average Bonchev–Trinajstić information content (AvgIpc) is 2.99. The number of fused-ring (bicyclic) bond motifs is 1. The van der Waals surface area contributed by atoms with E-state index in [4.69, 9.17) is 16.0 Å². The van der Waals surface area contributed by atoms with Gasteiger partial charge < -0.3 is 15.6 Å². The van der Waals surface area contributed by atoms with Gasteiger partial charge in [0.2, 0.25) is 0 Å². The summed E-state index contributed by atoms with van der Waals surface area (Å²) in [6.07, 6.45) is 1.01. The molecule has 9 nitrogen and oxygen atoms in total. The fourth-order valence-electron chi connectivity index (χ4n) is 3.09. The van der Waals surface area contributed by atoms with Crippen LogP contribution < -0.4 is 5.73 Å². The van der Waals surface area contributed by atoms with Crippen LogP contribution in [-0.2, 0) is 4.74 Å². The standard InChI is InChI=1S/C13H16IN7O2/c1-6-7(2)13(4-22,19-20-16)23-11(6)9-3-8(14)10-12(15)17-5-18-21(9)10/h3,5-7,11,22H,4H2,1-2H3,(H2,15,17,18)/t6-,7+,11-,13-/m1/s1. The zero-order valence-corrected chi connectivity index (χ0v) is 14.7. The number of hydrogen-bond acceptors (Lipinski definition) is 6. The summed E-state index contributed by atoms with van der Waals surface area (Å²) in [5.74, 6) is 0.242. The van der Waals surface area contributed by atoms with Crippen molar-refractivity contribution in [3.05, 3.63) is 32.1 Å². The Morgan fingerprint density at radius 1 is 1.61 bits per heavy atom. The molecular formula is C13H16IN7O2. The third-order valence-corrected chi connectivity index (χ3v) is 5.43. The Bertz CT molecular complexity index is 803. The Balaban J connectivity index is 2.13. The van der Waals surface area contributed by atoms with Gasteiger partial charge in [0.15, 0.2) is 11.5 Å². The van der Waals surface area contributed by atoms with Gasteiger partial charge in [-0.25, -0.2) is 9.50 Å². The smallest absolute Gasteiger partial charge is 0.173 e. The third-order valence-electron chi connectivity index (χ3n) is 4.60. The van der Waals surface area contributed by atoms with Crippen molar-refractivity contribution in [1.82, 2.24) is 14.6 Å². The third kappa shape index (κ3) is 2.33. The predicted octanol–water partition coefficient (Wildman–Crippen LogP) is 2.26. The van der Waals surface area contributed by atoms with E-state index in [0.717, 1.165) is 14.8 Å². The second-order valence-electron chi connectivity index (χ2n) is 5.70. The fraction of sp³-hybridized carbons (Fsp3) is 0.538. The molecule has 0 spiro atoms. The van der Waals surface area contributed by atoms with E-state index < -0.39 is 5.72 Å². The molecule has 0 saturated carbocycles. The number of aliphatic hydroxyl groups is 1. The minimum absolute atomic E-state index is 0.0118. The molecule has 3 heterocycles. The molecule has 3 N–H and O–H groups in total. The highest BCUT2D eigenvalue weighted by Gasteiger charge is 2.51. The first-order valence-electron chi connectivity index (χ1n) is 7.07. The number of azide groups is 1. The highest BCUT2D eigenvalue weighted by molar-refractivity contribution is 14.1. The molecule has 0 bridgehead atoms. The predicted molar refractivity (Wildman–Crippen MR) is 91.2 cm³/mol. The topological polar surface area (TPSA) is 134 Å². The minimum Gasteiger partial charge on any atom is -0.393 e. The molecule has 0 aromatic carbocycles. The number of halogens is 1. The minimum atomic E-state index is -1.27. The van der Waals surface area contributed by atoms with Crippen molar-refractivity contribution in [3.63, 3.8) is 0 Å². The number of aromatic nitrogens is 3. The molecule has 10 heteroatoms. The molecule has 0 unspecified atom stereocenters. The van der Waals surface area contributed by atoms with Crippen molar-refractivity contribution in [3.8, 4) is 0 Å². The molecule has 0 aliphatic carbocycles. The van der Waals surface area contributed by atoms with Crippen LogP contribution >= 0.6 is 22.6 Å². The number of nitrogens with zero attached hydrogens (tertiary/aromatic N) is 6. The Kier molecular flexibility index (Phi) is 4.08. The first-order valence-corrected chi connectivity index (χ1v) is 8.15. The van der Waals surface area contributed by atoms with Crippen LogP contribution in [0.3, 0.4) is 0 Å². The van der Waals surface area contributed by atoms with E-state index in [-0.39, 0.29) is 24.5 Å². The molecule has 2 aromatic rings. The van der Waals surface area contributed by atoms with E-state index in [2.05, 4.69) is 42.7 Å². The van der Waals surface area contributed by atoms with Crippen LogP contribution in [0.2, 0.25) is 0 Å². The summed E-state index contributed by atoms with van der Waals surface area (Å²) in [5.41, 5.74) is 15.0. The van der Waals surface area contributed by atoms with Crippen molar-refractivity contribution in [1.29, 1.82) is 0 Å². The van der Waals surface area contributed by atoms with Crippen LogP contribution in [-0.4, -0.2) is 32.0 Å². The summed E-state index contributed by atoms with van der Waals surface area (Å²) in [6.45, 7) is 3.52. The van der Waals surface area contributed by atoms with E-state index >= 15 is 0 Å². The van der Waals surface area contributed by atoms with Crippen molar-refractivity contribution >= 4 is 33.9 Å².